The molecule has 2 rings (SSSR count). The number of ether oxygens (including phenoxy) is 1. The van der Waals surface area contributed by atoms with Gasteiger partial charge in [-0.25, -0.2) is 9.97 Å². The Hall–Kier alpha value is -2.31. The van der Waals surface area contributed by atoms with E-state index < -0.39 is 12.0 Å². The fourth-order valence-corrected chi connectivity index (χ4v) is 1.72. The normalized spacial score (nSPS) is 11.7. The molecule has 2 aromatic rings. The molecule has 0 saturated heterocycles. The minimum Gasteiger partial charge on any atom is -0.491 e. The maximum absolute atomic E-state index is 12.7. The van der Waals surface area contributed by atoms with Gasteiger partial charge in [0.25, 0.3) is 0 Å². The fourth-order valence-electron chi connectivity index (χ4n) is 1.72. The summed E-state index contributed by atoms with van der Waals surface area (Å²) in [5, 5.41) is 0. The van der Waals surface area contributed by atoms with E-state index in [0.29, 0.717) is 11.3 Å². The minimum atomic E-state index is -4.63. The molecule has 0 bridgehead atoms. The van der Waals surface area contributed by atoms with Gasteiger partial charge in [0.1, 0.15) is 11.6 Å². The second-order valence-corrected chi connectivity index (χ2v) is 4.69. The van der Waals surface area contributed by atoms with Crippen LogP contribution in [0.5, 0.6) is 5.75 Å². The largest absolute Gasteiger partial charge is 0.491 e. The summed E-state index contributed by atoms with van der Waals surface area (Å²) in [5.41, 5.74) is 6.04. The van der Waals surface area contributed by atoms with E-state index in [1.807, 2.05) is 13.8 Å². The molecule has 0 atom stereocenters. The monoisotopic (exact) mass is 297 g/mol. The Kier molecular flexibility index (Phi) is 4.02. The van der Waals surface area contributed by atoms with Crippen molar-refractivity contribution < 1.29 is 17.9 Å². The zero-order valence-electron chi connectivity index (χ0n) is 11.5. The summed E-state index contributed by atoms with van der Waals surface area (Å²) in [5.74, 6) is -0.846. The highest BCUT2D eigenvalue weighted by Crippen LogP contribution is 2.29. The van der Waals surface area contributed by atoms with E-state index in [2.05, 4.69) is 9.97 Å². The third-order valence-electron chi connectivity index (χ3n) is 2.52. The molecule has 1 aromatic carbocycles. The highest BCUT2D eigenvalue weighted by Gasteiger charge is 2.35. The summed E-state index contributed by atoms with van der Waals surface area (Å²) in [6, 6.07) is 7.88. The first-order chi connectivity index (χ1) is 9.75. The molecule has 0 amide bonds. The summed E-state index contributed by atoms with van der Waals surface area (Å²) in [6.07, 6.45) is -4.62. The summed E-state index contributed by atoms with van der Waals surface area (Å²) in [7, 11) is 0. The molecular formula is C14H14F3N3O. The SMILES string of the molecule is CC(C)Oc1ccc(-c2cc(N)nc(C(F)(F)F)n2)cc1. The van der Waals surface area contributed by atoms with E-state index in [4.69, 9.17) is 10.5 Å². The van der Waals surface area contributed by atoms with Gasteiger partial charge in [-0.05, 0) is 38.1 Å². The van der Waals surface area contributed by atoms with Crippen molar-refractivity contribution in [2.75, 3.05) is 5.73 Å². The Balaban J connectivity index is 2.35. The topological polar surface area (TPSA) is 61.0 Å². The van der Waals surface area contributed by atoms with Crippen LogP contribution in [0.25, 0.3) is 11.3 Å². The number of hydrogen-bond donors (Lipinski definition) is 1. The number of rotatable bonds is 3. The molecule has 7 heteroatoms. The number of halogens is 3. The predicted molar refractivity (Wildman–Crippen MR) is 72.6 cm³/mol. The number of anilines is 1. The van der Waals surface area contributed by atoms with E-state index in [9.17, 15) is 13.2 Å². The molecule has 21 heavy (non-hydrogen) atoms. The van der Waals surface area contributed by atoms with Crippen LogP contribution in [-0.2, 0) is 6.18 Å². The first kappa shape index (κ1) is 15.1. The lowest BCUT2D eigenvalue weighted by molar-refractivity contribution is -0.144. The average molecular weight is 297 g/mol. The number of nitrogen functional groups attached to an aromatic ring is 1. The lowest BCUT2D eigenvalue weighted by Crippen LogP contribution is -2.13. The van der Waals surface area contributed by atoms with E-state index in [0.717, 1.165) is 0 Å². The van der Waals surface area contributed by atoms with E-state index in [-0.39, 0.29) is 17.6 Å². The first-order valence-electron chi connectivity index (χ1n) is 6.24. The fraction of sp³-hybridized carbons (Fsp3) is 0.286. The Bertz CT molecular complexity index is 624. The van der Waals surface area contributed by atoms with Crippen LogP contribution in [0.15, 0.2) is 30.3 Å². The molecular weight excluding hydrogens is 283 g/mol. The highest BCUT2D eigenvalue weighted by molar-refractivity contribution is 5.62. The van der Waals surface area contributed by atoms with Crippen LogP contribution in [-0.4, -0.2) is 16.1 Å². The van der Waals surface area contributed by atoms with Crippen LogP contribution in [0.3, 0.4) is 0 Å². The van der Waals surface area contributed by atoms with E-state index >= 15 is 0 Å². The minimum absolute atomic E-state index is 0.0161. The van der Waals surface area contributed by atoms with Crippen LogP contribution in [0.1, 0.15) is 19.7 Å². The van der Waals surface area contributed by atoms with Crippen LogP contribution < -0.4 is 10.5 Å². The van der Waals surface area contributed by atoms with Crippen molar-refractivity contribution in [2.24, 2.45) is 0 Å². The summed E-state index contributed by atoms with van der Waals surface area (Å²) >= 11 is 0. The zero-order valence-corrected chi connectivity index (χ0v) is 11.5. The summed E-state index contributed by atoms with van der Waals surface area (Å²) in [6.45, 7) is 3.77. The van der Waals surface area contributed by atoms with Gasteiger partial charge in [0.15, 0.2) is 0 Å². The number of benzene rings is 1. The quantitative estimate of drug-likeness (QED) is 0.941. The van der Waals surface area contributed by atoms with Crippen molar-refractivity contribution in [3.63, 3.8) is 0 Å². The lowest BCUT2D eigenvalue weighted by atomic mass is 10.1. The lowest BCUT2D eigenvalue weighted by Gasteiger charge is -2.11. The maximum Gasteiger partial charge on any atom is 0.451 e. The van der Waals surface area contributed by atoms with Gasteiger partial charge in [-0.1, -0.05) is 0 Å². The molecule has 0 fully saturated rings. The smallest absolute Gasteiger partial charge is 0.451 e. The average Bonchev–Trinajstić information content (AvgIpc) is 2.37. The first-order valence-corrected chi connectivity index (χ1v) is 6.24. The van der Waals surface area contributed by atoms with Crippen molar-refractivity contribution in [1.82, 2.24) is 9.97 Å². The number of nitrogens with zero attached hydrogens (tertiary/aromatic N) is 2. The summed E-state index contributed by atoms with van der Waals surface area (Å²) < 4.78 is 43.5. The number of hydrogen-bond acceptors (Lipinski definition) is 4. The Morgan fingerprint density at radius 2 is 1.71 bits per heavy atom. The second kappa shape index (κ2) is 5.59. The van der Waals surface area contributed by atoms with Gasteiger partial charge in [-0.15, -0.1) is 0 Å². The molecule has 0 aliphatic heterocycles. The van der Waals surface area contributed by atoms with Gasteiger partial charge < -0.3 is 10.5 Å². The molecule has 0 aliphatic rings. The Labute approximate surface area is 119 Å². The van der Waals surface area contributed by atoms with Crippen molar-refractivity contribution in [3.05, 3.63) is 36.2 Å². The molecule has 0 saturated carbocycles. The second-order valence-electron chi connectivity index (χ2n) is 4.69. The van der Waals surface area contributed by atoms with Gasteiger partial charge in [-0.2, -0.15) is 13.2 Å². The van der Waals surface area contributed by atoms with Crippen molar-refractivity contribution in [3.8, 4) is 17.0 Å². The van der Waals surface area contributed by atoms with Crippen LogP contribution in [0, 0.1) is 0 Å². The molecule has 0 radical (unpaired) electrons. The maximum atomic E-state index is 12.7. The van der Waals surface area contributed by atoms with Crippen molar-refractivity contribution in [2.45, 2.75) is 26.1 Å². The predicted octanol–water partition coefficient (Wildman–Crippen LogP) is 3.53. The zero-order chi connectivity index (χ0) is 15.6. The molecule has 1 heterocycles. The molecule has 0 spiro atoms. The Morgan fingerprint density at radius 1 is 1.10 bits per heavy atom. The molecule has 0 aliphatic carbocycles. The van der Waals surface area contributed by atoms with Gasteiger partial charge in [0.2, 0.25) is 5.82 Å². The van der Waals surface area contributed by atoms with Crippen molar-refractivity contribution in [1.29, 1.82) is 0 Å². The van der Waals surface area contributed by atoms with E-state index in [1.165, 1.54) is 6.07 Å². The molecule has 1 aromatic heterocycles. The molecule has 112 valence electrons. The number of nitrogens with two attached hydrogens (primary N) is 1. The third-order valence-corrected chi connectivity index (χ3v) is 2.52. The molecule has 2 N–H and O–H groups in total. The van der Waals surface area contributed by atoms with Crippen LogP contribution >= 0.6 is 0 Å². The number of alkyl halides is 3. The van der Waals surface area contributed by atoms with Crippen LogP contribution in [0.2, 0.25) is 0 Å². The van der Waals surface area contributed by atoms with E-state index in [1.54, 1.807) is 24.3 Å². The summed E-state index contributed by atoms with van der Waals surface area (Å²) in [4.78, 5) is 6.71. The van der Waals surface area contributed by atoms with Gasteiger partial charge in [-0.3, -0.25) is 0 Å². The van der Waals surface area contributed by atoms with Gasteiger partial charge in [0.05, 0.1) is 11.8 Å². The highest BCUT2D eigenvalue weighted by atomic mass is 19.4. The standard InChI is InChI=1S/C14H14F3N3O/c1-8(2)21-10-5-3-9(4-6-10)11-7-12(18)20-13(19-11)14(15,16)17/h3-8H,1-2H3,(H2,18,19,20). The molecule has 4 nitrogen and oxygen atoms in total. The van der Waals surface area contributed by atoms with Gasteiger partial charge >= 0.3 is 6.18 Å². The van der Waals surface area contributed by atoms with Crippen LogP contribution in [0.4, 0.5) is 19.0 Å². The van der Waals surface area contributed by atoms with Crippen molar-refractivity contribution >= 4 is 5.82 Å². The third kappa shape index (κ3) is 3.84. The molecule has 0 unspecified atom stereocenters. The number of aromatic nitrogens is 2. The van der Waals surface area contributed by atoms with Gasteiger partial charge in [0, 0.05) is 11.6 Å². The Morgan fingerprint density at radius 3 is 2.24 bits per heavy atom.